The first kappa shape index (κ1) is 14.2. The molecular formula is C13H15N3O4. The van der Waals surface area contributed by atoms with Crippen LogP contribution in [-0.4, -0.2) is 37.4 Å². The second-order valence-electron chi connectivity index (χ2n) is 4.64. The number of hydrogen-bond donors (Lipinski definition) is 1. The zero-order valence-electron chi connectivity index (χ0n) is 11.1. The maximum absolute atomic E-state index is 11.0. The molecule has 1 N–H and O–H groups in total. The van der Waals surface area contributed by atoms with Gasteiger partial charge in [-0.05, 0) is 12.1 Å². The topological polar surface area (TPSA) is 97.4 Å². The molecule has 1 aromatic rings. The Morgan fingerprint density at radius 2 is 2.45 bits per heavy atom. The van der Waals surface area contributed by atoms with E-state index in [9.17, 15) is 10.1 Å². The lowest BCUT2D eigenvalue weighted by atomic mass is 10.0. The summed E-state index contributed by atoms with van der Waals surface area (Å²) < 4.78 is 10.8. The third-order valence-corrected chi connectivity index (χ3v) is 3.42. The number of nitro benzene ring substituents is 1. The molecule has 7 heteroatoms. The summed E-state index contributed by atoms with van der Waals surface area (Å²) in [6.07, 6.45) is 0.724. The Morgan fingerprint density at radius 3 is 3.00 bits per heavy atom. The highest BCUT2D eigenvalue weighted by Gasteiger charge is 2.35. The lowest BCUT2D eigenvalue weighted by Crippen LogP contribution is -2.39. The van der Waals surface area contributed by atoms with Gasteiger partial charge in [-0.2, -0.15) is 5.26 Å². The van der Waals surface area contributed by atoms with E-state index in [1.165, 1.54) is 18.2 Å². The van der Waals surface area contributed by atoms with E-state index in [0.717, 1.165) is 6.42 Å². The number of benzene rings is 1. The van der Waals surface area contributed by atoms with Crippen molar-refractivity contribution in [2.45, 2.75) is 12.0 Å². The monoisotopic (exact) mass is 277 g/mol. The van der Waals surface area contributed by atoms with Crippen molar-refractivity contribution in [3.63, 3.8) is 0 Å². The second kappa shape index (κ2) is 5.86. The lowest BCUT2D eigenvalue weighted by Gasteiger charge is -2.26. The van der Waals surface area contributed by atoms with Crippen LogP contribution in [0, 0.1) is 21.4 Å². The van der Waals surface area contributed by atoms with Crippen LogP contribution in [0.2, 0.25) is 0 Å². The Hall–Kier alpha value is -2.17. The summed E-state index contributed by atoms with van der Waals surface area (Å²) >= 11 is 0. The van der Waals surface area contributed by atoms with Crippen molar-refractivity contribution in [3.8, 4) is 6.07 Å². The minimum atomic E-state index is -0.478. The average molecular weight is 277 g/mol. The third-order valence-electron chi connectivity index (χ3n) is 3.42. The van der Waals surface area contributed by atoms with Crippen LogP contribution in [0.1, 0.15) is 12.0 Å². The minimum absolute atomic E-state index is 0.0610. The van der Waals surface area contributed by atoms with Gasteiger partial charge < -0.3 is 14.8 Å². The van der Waals surface area contributed by atoms with Crippen molar-refractivity contribution < 1.29 is 14.4 Å². The molecule has 1 atom stereocenters. The van der Waals surface area contributed by atoms with E-state index in [0.29, 0.717) is 31.0 Å². The largest absolute Gasteiger partial charge is 0.378 e. The molecule has 7 nitrogen and oxygen atoms in total. The summed E-state index contributed by atoms with van der Waals surface area (Å²) in [4.78, 5) is 10.5. The number of nitrogens with one attached hydrogen (secondary N) is 1. The Bertz CT molecular complexity index is 547. The maximum atomic E-state index is 11.0. The number of rotatable bonds is 5. The van der Waals surface area contributed by atoms with Crippen LogP contribution >= 0.6 is 0 Å². The second-order valence-corrected chi connectivity index (χ2v) is 4.64. The van der Waals surface area contributed by atoms with Crippen molar-refractivity contribution in [2.75, 3.05) is 32.2 Å². The van der Waals surface area contributed by atoms with Crippen LogP contribution < -0.4 is 5.32 Å². The summed E-state index contributed by atoms with van der Waals surface area (Å²) in [5.41, 5.74) is 0.148. The predicted molar refractivity (Wildman–Crippen MR) is 71.5 cm³/mol. The molecule has 0 radical (unpaired) electrons. The first-order valence-electron chi connectivity index (χ1n) is 6.15. The van der Waals surface area contributed by atoms with Crippen molar-refractivity contribution in [2.24, 2.45) is 0 Å². The van der Waals surface area contributed by atoms with Crippen molar-refractivity contribution in [1.29, 1.82) is 5.26 Å². The molecule has 1 saturated heterocycles. The van der Waals surface area contributed by atoms with Gasteiger partial charge in [0.1, 0.15) is 11.3 Å². The Morgan fingerprint density at radius 1 is 1.65 bits per heavy atom. The molecule has 1 aliphatic heterocycles. The molecule has 0 saturated carbocycles. The lowest BCUT2D eigenvalue weighted by molar-refractivity contribution is -0.384. The number of methoxy groups -OCH3 is 1. The first-order chi connectivity index (χ1) is 9.60. The summed E-state index contributed by atoms with van der Waals surface area (Å²) in [6, 6.07) is 6.19. The molecule has 1 aliphatic rings. The van der Waals surface area contributed by atoms with Gasteiger partial charge in [0.05, 0.1) is 23.2 Å². The molecular weight excluding hydrogens is 262 g/mol. The van der Waals surface area contributed by atoms with Crippen LogP contribution in [0.4, 0.5) is 11.4 Å². The molecule has 0 bridgehead atoms. The SMILES string of the molecule is COC1(CNc2cc(C#N)ccc2[N+](=O)[O-])CCOC1. The van der Waals surface area contributed by atoms with Crippen LogP contribution in [0.15, 0.2) is 18.2 Å². The van der Waals surface area contributed by atoms with E-state index in [1.807, 2.05) is 6.07 Å². The first-order valence-corrected chi connectivity index (χ1v) is 6.15. The molecule has 0 aliphatic carbocycles. The standard InChI is InChI=1S/C13H15N3O4/c1-19-13(4-5-20-9-13)8-15-11-6-10(7-14)2-3-12(11)16(17)18/h2-3,6,15H,4-5,8-9H2,1H3. The number of hydrogen-bond acceptors (Lipinski definition) is 6. The minimum Gasteiger partial charge on any atom is -0.378 e. The Labute approximate surface area is 116 Å². The fourth-order valence-corrected chi connectivity index (χ4v) is 2.12. The smallest absolute Gasteiger partial charge is 0.292 e. The molecule has 1 heterocycles. The van der Waals surface area contributed by atoms with E-state index in [1.54, 1.807) is 7.11 Å². The molecule has 20 heavy (non-hydrogen) atoms. The van der Waals surface area contributed by atoms with Crippen LogP contribution in [-0.2, 0) is 9.47 Å². The summed E-state index contributed by atoms with van der Waals surface area (Å²) in [6.45, 7) is 1.44. The molecule has 106 valence electrons. The molecule has 1 unspecified atom stereocenters. The van der Waals surface area contributed by atoms with Gasteiger partial charge in [0.15, 0.2) is 0 Å². The van der Waals surface area contributed by atoms with Crippen molar-refractivity contribution in [3.05, 3.63) is 33.9 Å². The van der Waals surface area contributed by atoms with Gasteiger partial charge in [0.25, 0.3) is 5.69 Å². The third kappa shape index (κ3) is 2.87. The van der Waals surface area contributed by atoms with E-state index >= 15 is 0 Å². The number of nitro groups is 1. The molecule has 2 rings (SSSR count). The molecule has 0 amide bonds. The number of anilines is 1. The van der Waals surface area contributed by atoms with Crippen molar-refractivity contribution >= 4 is 11.4 Å². The van der Waals surface area contributed by atoms with Gasteiger partial charge in [-0.25, -0.2) is 0 Å². The van der Waals surface area contributed by atoms with E-state index < -0.39 is 10.5 Å². The highest BCUT2D eigenvalue weighted by molar-refractivity contribution is 5.64. The quantitative estimate of drug-likeness (QED) is 0.649. The van der Waals surface area contributed by atoms with Crippen molar-refractivity contribution in [1.82, 2.24) is 0 Å². The number of nitriles is 1. The van der Waals surface area contributed by atoms with Gasteiger partial charge in [0, 0.05) is 32.7 Å². The van der Waals surface area contributed by atoms with Crippen LogP contribution in [0.5, 0.6) is 0 Å². The van der Waals surface area contributed by atoms with Gasteiger partial charge in [-0.1, -0.05) is 0 Å². The van der Waals surface area contributed by atoms with Gasteiger partial charge >= 0.3 is 0 Å². The maximum Gasteiger partial charge on any atom is 0.292 e. The summed E-state index contributed by atoms with van der Waals surface area (Å²) in [5.74, 6) is 0. The molecule has 0 spiro atoms. The van der Waals surface area contributed by atoms with Crippen LogP contribution in [0.3, 0.4) is 0 Å². The van der Waals surface area contributed by atoms with Gasteiger partial charge in [0.2, 0.25) is 0 Å². The molecule has 1 fully saturated rings. The summed E-state index contributed by atoms with van der Waals surface area (Å²) in [5, 5.41) is 22.9. The highest BCUT2D eigenvalue weighted by atomic mass is 16.6. The van der Waals surface area contributed by atoms with Crippen LogP contribution in [0.25, 0.3) is 0 Å². The fraction of sp³-hybridized carbons (Fsp3) is 0.462. The number of nitrogens with zero attached hydrogens (tertiary/aromatic N) is 2. The van der Waals surface area contributed by atoms with E-state index in [4.69, 9.17) is 14.7 Å². The summed E-state index contributed by atoms with van der Waals surface area (Å²) in [7, 11) is 1.59. The molecule has 0 aromatic heterocycles. The van der Waals surface area contributed by atoms with Gasteiger partial charge in [-0.3, -0.25) is 10.1 Å². The van der Waals surface area contributed by atoms with Gasteiger partial charge in [-0.15, -0.1) is 0 Å². The average Bonchev–Trinajstić information content (AvgIpc) is 2.94. The zero-order valence-corrected chi connectivity index (χ0v) is 11.1. The normalized spacial score (nSPS) is 21.4. The highest BCUT2D eigenvalue weighted by Crippen LogP contribution is 2.28. The predicted octanol–water partition coefficient (Wildman–Crippen LogP) is 1.68. The number of ether oxygens (including phenoxy) is 2. The van der Waals surface area contributed by atoms with E-state index in [2.05, 4.69) is 5.32 Å². The van der Waals surface area contributed by atoms with E-state index in [-0.39, 0.29) is 5.69 Å². The molecule has 1 aromatic carbocycles. The fourth-order valence-electron chi connectivity index (χ4n) is 2.12. The Balaban J connectivity index is 2.19. The Kier molecular flexibility index (Phi) is 4.17. The zero-order chi connectivity index (χ0) is 14.6.